The molecule has 6 heteroatoms. The Bertz CT molecular complexity index is 870. The van der Waals surface area contributed by atoms with Crippen LogP contribution in [0.2, 0.25) is 0 Å². The van der Waals surface area contributed by atoms with E-state index in [0.29, 0.717) is 31.8 Å². The van der Waals surface area contributed by atoms with Crippen molar-refractivity contribution >= 4 is 27.7 Å². The normalized spacial score (nSPS) is 19.8. The zero-order chi connectivity index (χ0) is 20.9. The minimum absolute atomic E-state index is 0.0602. The molecule has 2 aromatic rings. The van der Waals surface area contributed by atoms with Crippen LogP contribution in [0.4, 0.5) is 0 Å². The average molecular weight is 460 g/mol. The van der Waals surface area contributed by atoms with Gasteiger partial charge in [-0.05, 0) is 42.7 Å². The Hall–Kier alpha value is -2.18. The van der Waals surface area contributed by atoms with Gasteiger partial charge < -0.3 is 9.47 Å². The molecule has 1 unspecified atom stereocenters. The van der Waals surface area contributed by atoms with Crippen molar-refractivity contribution in [2.45, 2.75) is 26.3 Å². The first-order chi connectivity index (χ1) is 14.0. The number of benzene rings is 2. The highest BCUT2D eigenvalue weighted by molar-refractivity contribution is 9.10. The number of hydrogen-bond donors (Lipinski definition) is 0. The number of carbonyl (C=O) groups is 2. The first-order valence-electron chi connectivity index (χ1n) is 9.77. The van der Waals surface area contributed by atoms with Crippen molar-refractivity contribution in [3.63, 3.8) is 0 Å². The quantitative estimate of drug-likeness (QED) is 0.462. The van der Waals surface area contributed by atoms with Gasteiger partial charge in [0.05, 0.1) is 13.7 Å². The van der Waals surface area contributed by atoms with Crippen LogP contribution in [-0.4, -0.2) is 43.5 Å². The number of hydrogen-bond acceptors (Lipinski definition) is 5. The van der Waals surface area contributed by atoms with Gasteiger partial charge in [0.1, 0.15) is 11.2 Å². The number of ether oxygens (including phenoxy) is 2. The van der Waals surface area contributed by atoms with Crippen LogP contribution < -0.4 is 4.74 Å². The smallest absolute Gasteiger partial charge is 0.321 e. The first-order valence-corrected chi connectivity index (χ1v) is 10.6. The zero-order valence-electron chi connectivity index (χ0n) is 16.8. The van der Waals surface area contributed by atoms with Crippen LogP contribution in [0.1, 0.15) is 24.5 Å². The number of carbonyl (C=O) groups excluding carboxylic acids is 2. The van der Waals surface area contributed by atoms with Crippen molar-refractivity contribution < 1.29 is 19.1 Å². The molecule has 0 bridgehead atoms. The van der Waals surface area contributed by atoms with Gasteiger partial charge in [-0.25, -0.2) is 0 Å². The van der Waals surface area contributed by atoms with Gasteiger partial charge in [-0.2, -0.15) is 0 Å². The second-order valence-corrected chi connectivity index (χ2v) is 8.16. The highest BCUT2D eigenvalue weighted by Gasteiger charge is 2.50. The molecule has 0 N–H and O–H groups in total. The predicted molar refractivity (Wildman–Crippen MR) is 115 cm³/mol. The molecule has 1 aliphatic rings. The molecule has 0 spiro atoms. The van der Waals surface area contributed by atoms with Crippen molar-refractivity contribution in [3.05, 3.63) is 64.1 Å². The molecule has 0 aromatic heterocycles. The molecule has 1 fully saturated rings. The Morgan fingerprint density at radius 3 is 2.66 bits per heavy atom. The van der Waals surface area contributed by atoms with E-state index in [-0.39, 0.29) is 18.8 Å². The fourth-order valence-electron chi connectivity index (χ4n) is 3.84. The molecular formula is C23H26BrNO4. The summed E-state index contributed by atoms with van der Waals surface area (Å²) in [5.74, 6) is 0.180. The molecule has 0 aliphatic carbocycles. The van der Waals surface area contributed by atoms with E-state index in [1.165, 1.54) is 0 Å². The number of esters is 1. The Labute approximate surface area is 180 Å². The molecule has 0 radical (unpaired) electrons. The van der Waals surface area contributed by atoms with E-state index in [4.69, 9.17) is 9.47 Å². The largest absolute Gasteiger partial charge is 0.497 e. The van der Waals surface area contributed by atoms with E-state index in [1.54, 1.807) is 14.0 Å². The summed E-state index contributed by atoms with van der Waals surface area (Å²) in [6.45, 7) is 3.67. The van der Waals surface area contributed by atoms with Crippen molar-refractivity contribution in [3.8, 4) is 5.75 Å². The van der Waals surface area contributed by atoms with Crippen LogP contribution in [-0.2, 0) is 27.3 Å². The van der Waals surface area contributed by atoms with Crippen LogP contribution in [0.15, 0.2) is 53.0 Å². The van der Waals surface area contributed by atoms with Crippen LogP contribution in [0.25, 0.3) is 0 Å². The topological polar surface area (TPSA) is 55.8 Å². The van der Waals surface area contributed by atoms with E-state index >= 15 is 0 Å². The Morgan fingerprint density at radius 1 is 1.21 bits per heavy atom. The third-order valence-electron chi connectivity index (χ3n) is 5.34. The fraction of sp³-hybridized carbons (Fsp3) is 0.391. The molecule has 1 aliphatic heterocycles. The minimum atomic E-state index is -1.22. The van der Waals surface area contributed by atoms with E-state index in [1.807, 2.05) is 36.4 Å². The van der Waals surface area contributed by atoms with Crippen molar-refractivity contribution in [1.29, 1.82) is 0 Å². The van der Waals surface area contributed by atoms with Crippen molar-refractivity contribution in [2.75, 3.05) is 26.8 Å². The molecule has 154 valence electrons. The number of halogens is 1. The summed E-state index contributed by atoms with van der Waals surface area (Å²) in [4.78, 5) is 28.4. The third-order valence-corrected chi connectivity index (χ3v) is 6.12. The standard InChI is InChI=1S/C23H26BrNO4/c1-3-29-22(27)23(14-18-13-19(28-2)9-10-20(18)24)16-25(12-11-21(23)26)15-17-7-5-4-6-8-17/h4-10,13H,3,11-12,14-16H2,1-2H3. The zero-order valence-corrected chi connectivity index (χ0v) is 18.4. The van der Waals surface area contributed by atoms with Crippen LogP contribution in [0, 0.1) is 5.41 Å². The maximum absolute atomic E-state index is 13.1. The van der Waals surface area contributed by atoms with E-state index in [2.05, 4.69) is 33.0 Å². The molecule has 0 amide bonds. The fourth-order valence-corrected chi connectivity index (χ4v) is 4.22. The Morgan fingerprint density at radius 2 is 1.97 bits per heavy atom. The number of Topliss-reactive ketones (excluding diaryl/α,β-unsaturated/α-hetero) is 1. The summed E-state index contributed by atoms with van der Waals surface area (Å²) in [5.41, 5.74) is 0.784. The molecule has 3 rings (SSSR count). The number of likely N-dealkylation sites (tertiary alicyclic amines) is 1. The lowest BCUT2D eigenvalue weighted by molar-refractivity contribution is -0.164. The average Bonchev–Trinajstić information content (AvgIpc) is 2.73. The number of ketones is 1. The van der Waals surface area contributed by atoms with Gasteiger partial charge in [-0.15, -0.1) is 0 Å². The number of piperidine rings is 1. The van der Waals surface area contributed by atoms with Gasteiger partial charge in [-0.1, -0.05) is 46.3 Å². The maximum atomic E-state index is 13.1. The third kappa shape index (κ3) is 4.87. The van der Waals surface area contributed by atoms with Gasteiger partial charge in [0, 0.05) is 30.5 Å². The monoisotopic (exact) mass is 459 g/mol. The first kappa shape index (κ1) is 21.5. The molecule has 0 saturated carbocycles. The van der Waals surface area contributed by atoms with Gasteiger partial charge >= 0.3 is 5.97 Å². The Kier molecular flexibility index (Phi) is 7.09. The maximum Gasteiger partial charge on any atom is 0.321 e. The molecule has 1 atom stereocenters. The van der Waals surface area contributed by atoms with E-state index in [0.717, 1.165) is 15.6 Å². The second kappa shape index (κ2) is 9.55. The summed E-state index contributed by atoms with van der Waals surface area (Å²) < 4.78 is 11.6. The van der Waals surface area contributed by atoms with Gasteiger partial charge in [-0.3, -0.25) is 14.5 Å². The molecule has 1 heterocycles. The van der Waals surface area contributed by atoms with Crippen molar-refractivity contribution in [1.82, 2.24) is 4.90 Å². The van der Waals surface area contributed by atoms with E-state index in [9.17, 15) is 9.59 Å². The number of methoxy groups -OCH3 is 1. The molecule has 2 aromatic carbocycles. The van der Waals surface area contributed by atoms with Gasteiger partial charge in [0.25, 0.3) is 0 Å². The highest BCUT2D eigenvalue weighted by Crippen LogP contribution is 2.36. The van der Waals surface area contributed by atoms with Crippen molar-refractivity contribution in [2.24, 2.45) is 5.41 Å². The highest BCUT2D eigenvalue weighted by atomic mass is 79.9. The SMILES string of the molecule is CCOC(=O)C1(Cc2cc(OC)ccc2Br)CN(Cc2ccccc2)CCC1=O. The minimum Gasteiger partial charge on any atom is -0.497 e. The second-order valence-electron chi connectivity index (χ2n) is 7.31. The Balaban J connectivity index is 1.93. The summed E-state index contributed by atoms with van der Waals surface area (Å²) in [6.07, 6.45) is 0.598. The molecule has 29 heavy (non-hydrogen) atoms. The van der Waals surface area contributed by atoms with Crippen LogP contribution >= 0.6 is 15.9 Å². The lowest BCUT2D eigenvalue weighted by Gasteiger charge is -2.40. The predicted octanol–water partition coefficient (Wildman–Crippen LogP) is 4.02. The molecule has 1 saturated heterocycles. The van der Waals surface area contributed by atoms with Gasteiger partial charge in [0.15, 0.2) is 5.78 Å². The summed E-state index contributed by atoms with van der Waals surface area (Å²) >= 11 is 3.55. The lowest BCUT2D eigenvalue weighted by Crippen LogP contribution is -2.55. The lowest BCUT2D eigenvalue weighted by atomic mass is 9.73. The summed E-state index contributed by atoms with van der Waals surface area (Å²) in [5, 5.41) is 0. The van der Waals surface area contributed by atoms with E-state index < -0.39 is 11.4 Å². The van der Waals surface area contributed by atoms with Gasteiger partial charge in [0.2, 0.25) is 0 Å². The number of rotatable bonds is 7. The van der Waals surface area contributed by atoms with Crippen LogP contribution in [0.3, 0.4) is 0 Å². The van der Waals surface area contributed by atoms with Crippen LogP contribution in [0.5, 0.6) is 5.75 Å². The number of nitrogens with zero attached hydrogens (tertiary/aromatic N) is 1. The summed E-state index contributed by atoms with van der Waals surface area (Å²) in [7, 11) is 1.60. The molecular weight excluding hydrogens is 434 g/mol. The molecule has 5 nitrogen and oxygen atoms in total. The summed E-state index contributed by atoms with van der Waals surface area (Å²) in [6, 6.07) is 15.7.